The molecule has 1 aliphatic heterocycles. The maximum atomic E-state index is 11.6. The molecule has 1 heterocycles. The van der Waals surface area contributed by atoms with Crippen molar-refractivity contribution in [1.82, 2.24) is 10.2 Å². The Kier molecular flexibility index (Phi) is 6.95. The average Bonchev–Trinajstić information content (AvgIpc) is 2.59. The molecule has 16 heavy (non-hydrogen) atoms. The lowest BCUT2D eigenvalue weighted by molar-refractivity contribution is -0.123. The zero-order valence-corrected chi connectivity index (χ0v) is 11.2. The molecule has 0 spiro atoms. The van der Waals surface area contributed by atoms with E-state index in [4.69, 9.17) is 5.73 Å². The van der Waals surface area contributed by atoms with Crippen molar-refractivity contribution in [2.45, 2.75) is 26.3 Å². The number of likely N-dealkylation sites (tertiary alicyclic amines) is 1. The lowest BCUT2D eigenvalue weighted by Crippen LogP contribution is -2.45. The van der Waals surface area contributed by atoms with E-state index in [1.54, 1.807) is 0 Å². The standard InChI is InChI=1S/C11H23N3O.ClH/c1-8(2)10(12)11(15)13-6-9-4-5-14(3)7-9;/h8-10H,4-7,12H2,1-3H3,(H,13,15);1H/t9?,10-;/m0./s1. The van der Waals surface area contributed by atoms with Crippen LogP contribution in [0.15, 0.2) is 0 Å². The summed E-state index contributed by atoms with van der Waals surface area (Å²) in [5.74, 6) is 0.786. The molecule has 0 aromatic rings. The Morgan fingerprint density at radius 2 is 2.19 bits per heavy atom. The first kappa shape index (κ1) is 15.7. The molecule has 1 amide bonds. The third-order valence-corrected chi connectivity index (χ3v) is 3.07. The fourth-order valence-corrected chi connectivity index (χ4v) is 1.86. The second-order valence-corrected chi connectivity index (χ2v) is 4.93. The highest BCUT2D eigenvalue weighted by Crippen LogP contribution is 2.12. The van der Waals surface area contributed by atoms with Crippen LogP contribution in [0.5, 0.6) is 0 Å². The number of carbonyl (C=O) groups excluding carboxylic acids is 1. The Balaban J connectivity index is 0.00000225. The van der Waals surface area contributed by atoms with Gasteiger partial charge >= 0.3 is 0 Å². The fourth-order valence-electron chi connectivity index (χ4n) is 1.86. The highest BCUT2D eigenvalue weighted by atomic mass is 35.5. The summed E-state index contributed by atoms with van der Waals surface area (Å²) in [4.78, 5) is 13.9. The van der Waals surface area contributed by atoms with Crippen molar-refractivity contribution in [3.8, 4) is 0 Å². The van der Waals surface area contributed by atoms with Crippen molar-refractivity contribution in [3.63, 3.8) is 0 Å². The number of hydrogen-bond acceptors (Lipinski definition) is 3. The molecular formula is C11H24ClN3O. The van der Waals surface area contributed by atoms with Gasteiger partial charge in [-0.05, 0) is 31.8 Å². The Hall–Kier alpha value is -0.320. The maximum absolute atomic E-state index is 11.6. The third-order valence-electron chi connectivity index (χ3n) is 3.07. The molecule has 1 saturated heterocycles. The number of carbonyl (C=O) groups is 1. The van der Waals surface area contributed by atoms with Gasteiger partial charge in [0, 0.05) is 13.1 Å². The van der Waals surface area contributed by atoms with E-state index in [2.05, 4.69) is 17.3 Å². The van der Waals surface area contributed by atoms with Crippen LogP contribution in [-0.4, -0.2) is 43.5 Å². The molecule has 96 valence electrons. The molecule has 1 rings (SSSR count). The second kappa shape index (κ2) is 7.09. The van der Waals surface area contributed by atoms with Gasteiger partial charge < -0.3 is 16.0 Å². The van der Waals surface area contributed by atoms with Gasteiger partial charge in [0.15, 0.2) is 0 Å². The number of amides is 1. The summed E-state index contributed by atoms with van der Waals surface area (Å²) in [5.41, 5.74) is 5.75. The lowest BCUT2D eigenvalue weighted by Gasteiger charge is -2.17. The van der Waals surface area contributed by atoms with E-state index in [1.807, 2.05) is 13.8 Å². The Labute approximate surface area is 104 Å². The summed E-state index contributed by atoms with van der Waals surface area (Å²) >= 11 is 0. The normalized spacial score (nSPS) is 22.9. The van der Waals surface area contributed by atoms with Crippen molar-refractivity contribution in [1.29, 1.82) is 0 Å². The van der Waals surface area contributed by atoms with Gasteiger partial charge in [-0.3, -0.25) is 4.79 Å². The topological polar surface area (TPSA) is 58.4 Å². The molecule has 1 unspecified atom stereocenters. The van der Waals surface area contributed by atoms with Crippen LogP contribution in [0.4, 0.5) is 0 Å². The van der Waals surface area contributed by atoms with Crippen molar-refractivity contribution >= 4 is 18.3 Å². The molecule has 3 N–H and O–H groups in total. The molecule has 2 atom stereocenters. The number of hydrogen-bond donors (Lipinski definition) is 2. The molecule has 0 bridgehead atoms. The van der Waals surface area contributed by atoms with Crippen LogP contribution < -0.4 is 11.1 Å². The van der Waals surface area contributed by atoms with E-state index in [0.717, 1.165) is 19.6 Å². The predicted octanol–water partition coefficient (Wildman–Crippen LogP) is 0.459. The van der Waals surface area contributed by atoms with Gasteiger partial charge in [0.2, 0.25) is 5.91 Å². The van der Waals surface area contributed by atoms with Gasteiger partial charge in [-0.2, -0.15) is 0 Å². The van der Waals surface area contributed by atoms with E-state index >= 15 is 0 Å². The summed E-state index contributed by atoms with van der Waals surface area (Å²) in [6.07, 6.45) is 1.17. The fraction of sp³-hybridized carbons (Fsp3) is 0.909. The van der Waals surface area contributed by atoms with Crippen LogP contribution in [0.3, 0.4) is 0 Å². The van der Waals surface area contributed by atoms with Crippen molar-refractivity contribution < 1.29 is 4.79 Å². The zero-order chi connectivity index (χ0) is 11.4. The first-order valence-electron chi connectivity index (χ1n) is 5.72. The summed E-state index contributed by atoms with van der Waals surface area (Å²) < 4.78 is 0. The quantitative estimate of drug-likeness (QED) is 0.761. The Bertz CT molecular complexity index is 223. The zero-order valence-electron chi connectivity index (χ0n) is 10.4. The van der Waals surface area contributed by atoms with E-state index in [0.29, 0.717) is 5.92 Å². The number of nitrogens with zero attached hydrogens (tertiary/aromatic N) is 1. The van der Waals surface area contributed by atoms with E-state index < -0.39 is 0 Å². The molecular weight excluding hydrogens is 226 g/mol. The minimum atomic E-state index is -0.371. The molecule has 0 aliphatic carbocycles. The average molecular weight is 250 g/mol. The maximum Gasteiger partial charge on any atom is 0.237 e. The first-order chi connectivity index (χ1) is 7.00. The predicted molar refractivity (Wildman–Crippen MR) is 68.7 cm³/mol. The second-order valence-electron chi connectivity index (χ2n) is 4.93. The first-order valence-corrected chi connectivity index (χ1v) is 5.72. The van der Waals surface area contributed by atoms with Gasteiger partial charge in [0.25, 0.3) is 0 Å². The SMILES string of the molecule is CC(C)[C@H](N)C(=O)NCC1CCN(C)C1.Cl. The van der Waals surface area contributed by atoms with Crippen LogP contribution in [-0.2, 0) is 4.79 Å². The molecule has 4 nitrogen and oxygen atoms in total. The minimum absolute atomic E-state index is 0. The van der Waals surface area contributed by atoms with Crippen LogP contribution in [0.2, 0.25) is 0 Å². The molecule has 0 saturated carbocycles. The summed E-state index contributed by atoms with van der Waals surface area (Å²) in [7, 11) is 2.11. The van der Waals surface area contributed by atoms with Crippen LogP contribution >= 0.6 is 12.4 Å². The largest absolute Gasteiger partial charge is 0.354 e. The highest BCUT2D eigenvalue weighted by Gasteiger charge is 2.22. The molecule has 1 fully saturated rings. The van der Waals surface area contributed by atoms with E-state index in [9.17, 15) is 4.79 Å². The van der Waals surface area contributed by atoms with Gasteiger partial charge in [-0.15, -0.1) is 12.4 Å². The lowest BCUT2D eigenvalue weighted by atomic mass is 10.0. The monoisotopic (exact) mass is 249 g/mol. The molecule has 5 heteroatoms. The Morgan fingerprint density at radius 1 is 1.56 bits per heavy atom. The van der Waals surface area contributed by atoms with Crippen LogP contribution in [0.1, 0.15) is 20.3 Å². The third kappa shape index (κ3) is 4.68. The van der Waals surface area contributed by atoms with E-state index in [1.165, 1.54) is 6.42 Å². The molecule has 1 aliphatic rings. The van der Waals surface area contributed by atoms with Crippen molar-refractivity contribution in [2.24, 2.45) is 17.6 Å². The molecule has 0 aromatic heterocycles. The van der Waals surface area contributed by atoms with Crippen LogP contribution in [0.25, 0.3) is 0 Å². The molecule has 0 radical (unpaired) electrons. The van der Waals surface area contributed by atoms with E-state index in [-0.39, 0.29) is 30.3 Å². The Morgan fingerprint density at radius 3 is 2.62 bits per heavy atom. The van der Waals surface area contributed by atoms with Gasteiger partial charge in [0.1, 0.15) is 0 Å². The number of nitrogens with one attached hydrogen (secondary N) is 1. The molecule has 0 aromatic carbocycles. The minimum Gasteiger partial charge on any atom is -0.354 e. The summed E-state index contributed by atoms with van der Waals surface area (Å²) in [6.45, 7) is 6.92. The smallest absolute Gasteiger partial charge is 0.237 e. The van der Waals surface area contributed by atoms with Crippen molar-refractivity contribution in [2.75, 3.05) is 26.7 Å². The number of nitrogens with two attached hydrogens (primary N) is 1. The number of halogens is 1. The number of rotatable bonds is 4. The van der Waals surface area contributed by atoms with Gasteiger partial charge in [-0.1, -0.05) is 13.8 Å². The summed E-state index contributed by atoms with van der Waals surface area (Å²) in [6, 6.07) is -0.371. The van der Waals surface area contributed by atoms with Crippen LogP contribution in [0, 0.1) is 11.8 Å². The highest BCUT2D eigenvalue weighted by molar-refractivity contribution is 5.85. The van der Waals surface area contributed by atoms with Gasteiger partial charge in [0.05, 0.1) is 6.04 Å². The van der Waals surface area contributed by atoms with Crippen molar-refractivity contribution in [3.05, 3.63) is 0 Å². The van der Waals surface area contributed by atoms with Gasteiger partial charge in [-0.25, -0.2) is 0 Å². The summed E-state index contributed by atoms with van der Waals surface area (Å²) in [5, 5.41) is 2.94.